The van der Waals surface area contributed by atoms with E-state index in [9.17, 15) is 4.79 Å². The number of carbonyl (C=O) groups is 1. The van der Waals surface area contributed by atoms with Crippen molar-refractivity contribution in [3.05, 3.63) is 24.3 Å². The van der Waals surface area contributed by atoms with Gasteiger partial charge in [-0.1, -0.05) is 12.1 Å². The molecule has 0 atom stereocenters. The van der Waals surface area contributed by atoms with E-state index < -0.39 is 5.60 Å². The third-order valence-corrected chi connectivity index (χ3v) is 1.90. The van der Waals surface area contributed by atoms with Crippen LogP contribution in [0.2, 0.25) is 0 Å². The molecule has 100 valence electrons. The van der Waals surface area contributed by atoms with Gasteiger partial charge >= 0.3 is 0 Å². The number of para-hydroxylation sites is 2. The van der Waals surface area contributed by atoms with E-state index in [4.69, 9.17) is 14.3 Å². The van der Waals surface area contributed by atoms with Gasteiger partial charge in [0.05, 0.1) is 12.7 Å². The van der Waals surface area contributed by atoms with E-state index in [1.807, 2.05) is 26.8 Å². The summed E-state index contributed by atoms with van der Waals surface area (Å²) in [6, 6.07) is 7.13. The summed E-state index contributed by atoms with van der Waals surface area (Å²) in [5, 5.41) is 0. The molecule has 0 saturated carbocycles. The minimum Gasteiger partial charge on any atom is -0.493 e. The highest BCUT2D eigenvalue weighted by Gasteiger charge is 2.13. The van der Waals surface area contributed by atoms with Crippen LogP contribution in [0.15, 0.2) is 24.3 Å². The summed E-state index contributed by atoms with van der Waals surface area (Å²) in [5.74, 6) is 0.753. The lowest BCUT2D eigenvalue weighted by Gasteiger charge is -2.19. The zero-order valence-electron chi connectivity index (χ0n) is 11.1. The van der Waals surface area contributed by atoms with Crippen LogP contribution in [-0.2, 0) is 9.63 Å². The lowest BCUT2D eigenvalue weighted by molar-refractivity contribution is -0.147. The van der Waals surface area contributed by atoms with Crippen molar-refractivity contribution in [3.8, 4) is 11.5 Å². The van der Waals surface area contributed by atoms with E-state index in [1.165, 1.54) is 0 Å². The fraction of sp³-hybridized carbons (Fsp3) is 0.462. The Kier molecular flexibility index (Phi) is 4.97. The van der Waals surface area contributed by atoms with E-state index >= 15 is 0 Å². The van der Waals surface area contributed by atoms with Crippen LogP contribution in [0, 0.1) is 0 Å². The maximum Gasteiger partial charge on any atom is 0.281 e. The largest absolute Gasteiger partial charge is 0.493 e. The molecule has 1 amide bonds. The zero-order chi connectivity index (χ0) is 13.6. The van der Waals surface area contributed by atoms with Crippen molar-refractivity contribution in [1.82, 2.24) is 5.48 Å². The number of amides is 1. The Labute approximate surface area is 107 Å². The van der Waals surface area contributed by atoms with Crippen molar-refractivity contribution in [2.45, 2.75) is 26.4 Å². The summed E-state index contributed by atoms with van der Waals surface area (Å²) < 4.78 is 10.4. The second-order valence-electron chi connectivity index (χ2n) is 4.68. The molecule has 0 heterocycles. The summed E-state index contributed by atoms with van der Waals surface area (Å²) in [6.07, 6.45) is 0. The summed E-state index contributed by atoms with van der Waals surface area (Å²) in [5.41, 5.74) is 1.90. The average Bonchev–Trinajstić information content (AvgIpc) is 2.33. The van der Waals surface area contributed by atoms with Crippen molar-refractivity contribution >= 4 is 5.91 Å². The topological polar surface area (TPSA) is 56.8 Å². The first-order valence-corrected chi connectivity index (χ1v) is 5.65. The van der Waals surface area contributed by atoms with E-state index in [0.29, 0.717) is 11.5 Å². The minimum atomic E-state index is -0.430. The molecule has 0 saturated heterocycles. The SMILES string of the molecule is COc1ccccc1OCC(=O)NOC(C)(C)C. The monoisotopic (exact) mass is 253 g/mol. The van der Waals surface area contributed by atoms with Crippen LogP contribution in [-0.4, -0.2) is 25.2 Å². The van der Waals surface area contributed by atoms with Gasteiger partial charge in [-0.25, -0.2) is 5.48 Å². The summed E-state index contributed by atoms with van der Waals surface area (Å²) in [7, 11) is 1.55. The van der Waals surface area contributed by atoms with Gasteiger partial charge in [-0.2, -0.15) is 0 Å². The van der Waals surface area contributed by atoms with Crippen molar-refractivity contribution in [2.75, 3.05) is 13.7 Å². The van der Waals surface area contributed by atoms with Gasteiger partial charge in [-0.3, -0.25) is 9.63 Å². The molecule has 0 aliphatic heterocycles. The molecule has 5 nitrogen and oxygen atoms in total. The number of methoxy groups -OCH3 is 1. The molecular weight excluding hydrogens is 234 g/mol. The standard InChI is InChI=1S/C13H19NO4/c1-13(2,3)18-14-12(15)9-17-11-8-6-5-7-10(11)16-4/h5-8H,9H2,1-4H3,(H,14,15). The molecule has 5 heteroatoms. The molecule has 1 aromatic rings. The number of nitrogens with one attached hydrogen (secondary N) is 1. The van der Waals surface area contributed by atoms with Gasteiger partial charge in [0.2, 0.25) is 0 Å². The first-order chi connectivity index (χ1) is 8.42. The second-order valence-corrected chi connectivity index (χ2v) is 4.68. The lowest BCUT2D eigenvalue weighted by Crippen LogP contribution is -2.36. The molecular formula is C13H19NO4. The molecule has 1 N–H and O–H groups in total. The highest BCUT2D eigenvalue weighted by atomic mass is 16.7. The van der Waals surface area contributed by atoms with Gasteiger partial charge in [0.25, 0.3) is 5.91 Å². The molecule has 0 spiro atoms. The van der Waals surface area contributed by atoms with E-state index in [0.717, 1.165) is 0 Å². The molecule has 0 aliphatic rings. The Morgan fingerprint density at radius 1 is 1.22 bits per heavy atom. The van der Waals surface area contributed by atoms with Gasteiger partial charge in [0.1, 0.15) is 0 Å². The Morgan fingerprint density at radius 2 is 1.83 bits per heavy atom. The Balaban J connectivity index is 2.43. The van der Waals surface area contributed by atoms with Crippen LogP contribution in [0.1, 0.15) is 20.8 Å². The fourth-order valence-electron chi connectivity index (χ4n) is 1.12. The maximum atomic E-state index is 11.5. The first-order valence-electron chi connectivity index (χ1n) is 5.65. The van der Waals surface area contributed by atoms with E-state index in [1.54, 1.807) is 25.3 Å². The first kappa shape index (κ1) is 14.3. The normalized spacial score (nSPS) is 10.9. The Bertz CT molecular complexity index is 398. The van der Waals surface area contributed by atoms with Gasteiger partial charge in [-0.15, -0.1) is 0 Å². The number of hydrogen-bond acceptors (Lipinski definition) is 4. The summed E-state index contributed by atoms with van der Waals surface area (Å²) in [6.45, 7) is 5.40. The van der Waals surface area contributed by atoms with Crippen LogP contribution in [0.4, 0.5) is 0 Å². The van der Waals surface area contributed by atoms with Crippen molar-refractivity contribution < 1.29 is 19.1 Å². The fourth-order valence-corrected chi connectivity index (χ4v) is 1.12. The number of benzene rings is 1. The van der Waals surface area contributed by atoms with Crippen LogP contribution in [0.25, 0.3) is 0 Å². The number of carbonyl (C=O) groups excluding carboxylic acids is 1. The lowest BCUT2D eigenvalue weighted by atomic mass is 10.2. The molecule has 1 aromatic carbocycles. The highest BCUT2D eigenvalue weighted by Crippen LogP contribution is 2.25. The molecule has 0 radical (unpaired) electrons. The molecule has 0 fully saturated rings. The van der Waals surface area contributed by atoms with Gasteiger partial charge < -0.3 is 9.47 Å². The van der Waals surface area contributed by atoms with Crippen LogP contribution < -0.4 is 15.0 Å². The van der Waals surface area contributed by atoms with Gasteiger partial charge in [0, 0.05) is 0 Å². The van der Waals surface area contributed by atoms with Crippen LogP contribution >= 0.6 is 0 Å². The number of rotatable bonds is 5. The predicted octanol–water partition coefficient (Wildman–Crippen LogP) is 1.92. The van der Waals surface area contributed by atoms with Crippen molar-refractivity contribution in [2.24, 2.45) is 0 Å². The second kappa shape index (κ2) is 6.26. The van der Waals surface area contributed by atoms with Crippen molar-refractivity contribution in [1.29, 1.82) is 0 Å². The van der Waals surface area contributed by atoms with Crippen LogP contribution in [0.3, 0.4) is 0 Å². The van der Waals surface area contributed by atoms with Crippen molar-refractivity contribution in [3.63, 3.8) is 0 Å². The number of hydroxylamine groups is 1. The molecule has 0 unspecified atom stereocenters. The molecule has 0 aliphatic carbocycles. The summed E-state index contributed by atoms with van der Waals surface area (Å²) >= 11 is 0. The maximum absolute atomic E-state index is 11.5. The molecule has 0 bridgehead atoms. The predicted molar refractivity (Wildman–Crippen MR) is 67.5 cm³/mol. The zero-order valence-corrected chi connectivity index (χ0v) is 11.1. The highest BCUT2D eigenvalue weighted by molar-refractivity contribution is 5.76. The van der Waals surface area contributed by atoms with E-state index in [-0.39, 0.29) is 12.5 Å². The van der Waals surface area contributed by atoms with Gasteiger partial charge in [-0.05, 0) is 32.9 Å². The Morgan fingerprint density at radius 3 is 2.39 bits per heavy atom. The van der Waals surface area contributed by atoms with Gasteiger partial charge in [0.15, 0.2) is 18.1 Å². The third kappa shape index (κ3) is 5.05. The smallest absolute Gasteiger partial charge is 0.281 e. The Hall–Kier alpha value is -1.75. The average molecular weight is 253 g/mol. The molecule has 0 aromatic heterocycles. The third-order valence-electron chi connectivity index (χ3n) is 1.90. The quantitative estimate of drug-likeness (QED) is 0.814. The number of ether oxygens (including phenoxy) is 2. The number of hydrogen-bond donors (Lipinski definition) is 1. The van der Waals surface area contributed by atoms with Crippen LogP contribution in [0.5, 0.6) is 11.5 Å². The summed E-state index contributed by atoms with van der Waals surface area (Å²) in [4.78, 5) is 16.6. The molecule has 18 heavy (non-hydrogen) atoms. The molecule has 1 rings (SSSR count). The minimum absolute atomic E-state index is 0.129. The van der Waals surface area contributed by atoms with E-state index in [2.05, 4.69) is 5.48 Å².